The zero-order valence-corrected chi connectivity index (χ0v) is 18.3. The topological polar surface area (TPSA) is 50.2 Å². The third-order valence-electron chi connectivity index (χ3n) is 5.70. The highest BCUT2D eigenvalue weighted by atomic mass is 35.5. The summed E-state index contributed by atoms with van der Waals surface area (Å²) < 4.78 is 15.2. The van der Waals surface area contributed by atoms with E-state index in [1.165, 1.54) is 18.6 Å². The van der Waals surface area contributed by atoms with E-state index in [1.807, 2.05) is 40.8 Å². The number of imidazole rings is 1. The number of amides is 1. The molecule has 7 heteroatoms. The van der Waals surface area contributed by atoms with Crippen LogP contribution in [-0.2, 0) is 6.54 Å². The average molecular weight is 441 g/mol. The Morgan fingerprint density at radius 2 is 1.81 bits per heavy atom. The Morgan fingerprint density at radius 1 is 1.13 bits per heavy atom. The van der Waals surface area contributed by atoms with Gasteiger partial charge in [-0.3, -0.25) is 4.79 Å². The summed E-state index contributed by atoms with van der Waals surface area (Å²) in [5.74, 6) is 0.287. The molecule has 2 aromatic carbocycles. The lowest BCUT2D eigenvalue weighted by Crippen LogP contribution is -2.36. The maximum absolute atomic E-state index is 13.3. The number of carbonyl (C=O) groups is 1. The molecule has 0 aliphatic heterocycles. The lowest BCUT2D eigenvalue weighted by atomic mass is 9.95. The smallest absolute Gasteiger partial charge is 0.271 e. The molecule has 1 saturated carbocycles. The Kier molecular flexibility index (Phi) is 6.56. The van der Waals surface area contributed by atoms with Crippen molar-refractivity contribution in [3.63, 3.8) is 0 Å². The van der Waals surface area contributed by atoms with Crippen LogP contribution >= 0.6 is 11.6 Å². The van der Waals surface area contributed by atoms with Crippen LogP contribution in [0.3, 0.4) is 0 Å². The minimum absolute atomic E-state index is 0.148. The summed E-state index contributed by atoms with van der Waals surface area (Å²) in [5, 5.41) is 3.78. The van der Waals surface area contributed by atoms with Crippen LogP contribution in [0.25, 0.3) is 5.69 Å². The van der Waals surface area contributed by atoms with E-state index in [9.17, 15) is 9.18 Å². The standard InChI is InChI=1S/C24H26ClFN4O/c1-29(20-13-9-18(26)10-14-20)16-23-28-22(24(31)27-19-5-3-2-4-6-19)15-30(23)21-11-7-17(25)8-12-21/h7-15,19H,2-6,16H2,1H3,(H,27,31). The van der Waals surface area contributed by atoms with Gasteiger partial charge in [-0.2, -0.15) is 0 Å². The van der Waals surface area contributed by atoms with Crippen LogP contribution in [0, 0.1) is 5.82 Å². The van der Waals surface area contributed by atoms with E-state index >= 15 is 0 Å². The molecule has 0 saturated heterocycles. The number of benzene rings is 2. The van der Waals surface area contributed by atoms with Gasteiger partial charge < -0.3 is 14.8 Å². The number of anilines is 1. The average Bonchev–Trinajstić information content (AvgIpc) is 3.19. The van der Waals surface area contributed by atoms with Crippen molar-refractivity contribution in [2.45, 2.75) is 44.7 Å². The molecule has 0 radical (unpaired) electrons. The van der Waals surface area contributed by atoms with Crippen molar-refractivity contribution < 1.29 is 9.18 Å². The first kappa shape index (κ1) is 21.4. The largest absolute Gasteiger partial charge is 0.367 e. The number of nitrogens with zero attached hydrogens (tertiary/aromatic N) is 3. The van der Waals surface area contributed by atoms with E-state index in [-0.39, 0.29) is 17.8 Å². The number of hydrogen-bond acceptors (Lipinski definition) is 3. The summed E-state index contributed by atoms with van der Waals surface area (Å²) in [6, 6.07) is 13.9. The van der Waals surface area contributed by atoms with Gasteiger partial charge in [-0.05, 0) is 61.4 Å². The summed E-state index contributed by atoms with van der Waals surface area (Å²) in [5.41, 5.74) is 2.12. The molecule has 0 atom stereocenters. The Morgan fingerprint density at radius 3 is 2.48 bits per heavy atom. The quantitative estimate of drug-likeness (QED) is 0.561. The van der Waals surface area contributed by atoms with Gasteiger partial charge in [0.2, 0.25) is 0 Å². The lowest BCUT2D eigenvalue weighted by Gasteiger charge is -2.22. The number of aromatic nitrogens is 2. The fraction of sp³-hybridized carbons (Fsp3) is 0.333. The summed E-state index contributed by atoms with van der Waals surface area (Å²) in [7, 11) is 1.91. The molecule has 1 aromatic heterocycles. The van der Waals surface area contributed by atoms with Crippen molar-refractivity contribution >= 4 is 23.2 Å². The molecule has 1 heterocycles. The van der Waals surface area contributed by atoms with Crippen LogP contribution in [0.4, 0.5) is 10.1 Å². The van der Waals surface area contributed by atoms with E-state index in [2.05, 4.69) is 10.3 Å². The van der Waals surface area contributed by atoms with Crippen molar-refractivity contribution in [3.05, 3.63) is 77.1 Å². The van der Waals surface area contributed by atoms with E-state index in [0.717, 1.165) is 37.1 Å². The molecule has 1 amide bonds. The maximum Gasteiger partial charge on any atom is 0.271 e. The van der Waals surface area contributed by atoms with Gasteiger partial charge in [0, 0.05) is 35.7 Å². The van der Waals surface area contributed by atoms with E-state index in [0.29, 0.717) is 23.1 Å². The second-order valence-corrected chi connectivity index (χ2v) is 8.47. The highest BCUT2D eigenvalue weighted by Gasteiger charge is 2.21. The summed E-state index contributed by atoms with van der Waals surface area (Å²) >= 11 is 6.05. The van der Waals surface area contributed by atoms with Crippen molar-refractivity contribution in [1.29, 1.82) is 0 Å². The number of halogens is 2. The summed E-state index contributed by atoms with van der Waals surface area (Å²) in [6.45, 7) is 0.449. The van der Waals surface area contributed by atoms with Crippen molar-refractivity contribution in [2.75, 3.05) is 11.9 Å². The molecule has 162 valence electrons. The molecular weight excluding hydrogens is 415 g/mol. The van der Waals surface area contributed by atoms with E-state index in [1.54, 1.807) is 18.3 Å². The van der Waals surface area contributed by atoms with Gasteiger partial charge in [-0.15, -0.1) is 0 Å². The first-order valence-electron chi connectivity index (χ1n) is 10.6. The fourth-order valence-corrected chi connectivity index (χ4v) is 4.10. The van der Waals surface area contributed by atoms with Crippen molar-refractivity contribution in [1.82, 2.24) is 14.9 Å². The SMILES string of the molecule is CN(Cc1nc(C(=O)NC2CCCCC2)cn1-c1ccc(Cl)cc1)c1ccc(F)cc1. The highest BCUT2D eigenvalue weighted by molar-refractivity contribution is 6.30. The van der Waals surface area contributed by atoms with Crippen LogP contribution < -0.4 is 10.2 Å². The van der Waals surface area contributed by atoms with E-state index in [4.69, 9.17) is 11.6 Å². The molecule has 1 fully saturated rings. The maximum atomic E-state index is 13.3. The van der Waals surface area contributed by atoms with Gasteiger partial charge in [0.15, 0.2) is 0 Å². The molecule has 3 aromatic rings. The van der Waals surface area contributed by atoms with Crippen molar-refractivity contribution in [3.8, 4) is 5.69 Å². The molecule has 1 aliphatic carbocycles. The fourth-order valence-electron chi connectivity index (χ4n) is 3.97. The molecular formula is C24H26ClFN4O. The molecule has 0 bridgehead atoms. The van der Waals surface area contributed by atoms with Crippen LogP contribution in [0.1, 0.15) is 48.4 Å². The first-order chi connectivity index (χ1) is 15.0. The number of carbonyl (C=O) groups excluding carboxylic acids is 1. The third-order valence-corrected chi connectivity index (χ3v) is 5.95. The van der Waals surface area contributed by atoms with Gasteiger partial charge >= 0.3 is 0 Å². The van der Waals surface area contributed by atoms with Crippen LogP contribution in [0.5, 0.6) is 0 Å². The van der Waals surface area contributed by atoms with Crippen LogP contribution in [0.15, 0.2) is 54.7 Å². The van der Waals surface area contributed by atoms with Gasteiger partial charge in [-0.1, -0.05) is 30.9 Å². The molecule has 0 spiro atoms. The van der Waals surface area contributed by atoms with Gasteiger partial charge in [0.25, 0.3) is 5.91 Å². The zero-order valence-electron chi connectivity index (χ0n) is 17.5. The third kappa shape index (κ3) is 5.25. The van der Waals surface area contributed by atoms with Crippen molar-refractivity contribution in [2.24, 2.45) is 0 Å². The van der Waals surface area contributed by atoms with Crippen LogP contribution in [0.2, 0.25) is 5.02 Å². The number of nitrogens with one attached hydrogen (secondary N) is 1. The normalized spacial score (nSPS) is 14.4. The number of rotatable bonds is 6. The minimum atomic E-state index is -0.276. The Labute approximate surface area is 186 Å². The molecule has 0 unspecified atom stereocenters. The van der Waals surface area contributed by atoms with E-state index < -0.39 is 0 Å². The van der Waals surface area contributed by atoms with Gasteiger partial charge in [0.1, 0.15) is 17.3 Å². The van der Waals surface area contributed by atoms with Crippen LogP contribution in [-0.4, -0.2) is 28.5 Å². The lowest BCUT2D eigenvalue weighted by molar-refractivity contribution is 0.0923. The Hall–Kier alpha value is -2.86. The van der Waals surface area contributed by atoms with Gasteiger partial charge in [0.05, 0.1) is 6.54 Å². The molecule has 1 aliphatic rings. The Bertz CT molecular complexity index is 1030. The predicted molar refractivity (Wildman–Crippen MR) is 121 cm³/mol. The summed E-state index contributed by atoms with van der Waals surface area (Å²) in [6.07, 6.45) is 7.34. The molecule has 31 heavy (non-hydrogen) atoms. The van der Waals surface area contributed by atoms with Gasteiger partial charge in [-0.25, -0.2) is 9.37 Å². The number of hydrogen-bond donors (Lipinski definition) is 1. The first-order valence-corrected chi connectivity index (χ1v) is 11.0. The summed E-state index contributed by atoms with van der Waals surface area (Å²) in [4.78, 5) is 19.5. The zero-order chi connectivity index (χ0) is 21.8. The second-order valence-electron chi connectivity index (χ2n) is 8.03. The predicted octanol–water partition coefficient (Wildman–Crippen LogP) is 5.36. The molecule has 4 rings (SSSR count). The minimum Gasteiger partial charge on any atom is -0.367 e. The second kappa shape index (κ2) is 9.52. The monoisotopic (exact) mass is 440 g/mol. The Balaban J connectivity index is 1.60. The molecule has 5 nitrogen and oxygen atoms in total. The highest BCUT2D eigenvalue weighted by Crippen LogP contribution is 2.21. The molecule has 1 N–H and O–H groups in total.